The zero-order valence-corrected chi connectivity index (χ0v) is 12.9. The summed E-state index contributed by atoms with van der Waals surface area (Å²) in [7, 11) is 2.02. The first kappa shape index (κ1) is 14.4. The van der Waals surface area contributed by atoms with E-state index in [1.807, 2.05) is 37.4 Å². The smallest absolute Gasteiger partial charge is 0.122 e. The fourth-order valence-electron chi connectivity index (χ4n) is 3.02. The number of ether oxygens (including phenoxy) is 1. The van der Waals surface area contributed by atoms with E-state index in [4.69, 9.17) is 16.3 Å². The minimum absolute atomic E-state index is 0.359. The second-order valence-corrected chi connectivity index (χ2v) is 5.98. The van der Waals surface area contributed by atoms with E-state index < -0.39 is 0 Å². The van der Waals surface area contributed by atoms with Gasteiger partial charge in [0.1, 0.15) is 5.75 Å². The highest BCUT2D eigenvalue weighted by molar-refractivity contribution is 6.31. The molecule has 3 rings (SSSR count). The summed E-state index contributed by atoms with van der Waals surface area (Å²) in [6.45, 7) is 0.757. The molecule has 0 spiro atoms. The molecule has 0 aromatic heterocycles. The van der Waals surface area contributed by atoms with E-state index in [2.05, 4.69) is 23.5 Å². The van der Waals surface area contributed by atoms with Crippen molar-refractivity contribution in [3.8, 4) is 5.75 Å². The topological polar surface area (TPSA) is 21.3 Å². The van der Waals surface area contributed by atoms with E-state index >= 15 is 0 Å². The van der Waals surface area contributed by atoms with Crippen LogP contribution >= 0.6 is 11.6 Å². The first-order valence-corrected chi connectivity index (χ1v) is 7.77. The molecule has 1 aliphatic heterocycles. The van der Waals surface area contributed by atoms with Gasteiger partial charge in [0, 0.05) is 17.0 Å². The predicted octanol–water partition coefficient (Wildman–Crippen LogP) is 3.72. The molecule has 0 saturated carbocycles. The van der Waals surface area contributed by atoms with Gasteiger partial charge in [-0.25, -0.2) is 0 Å². The highest BCUT2D eigenvalue weighted by Gasteiger charge is 2.26. The van der Waals surface area contributed by atoms with E-state index in [-0.39, 0.29) is 0 Å². The Bertz CT molecular complexity index is 614. The van der Waals surface area contributed by atoms with Crippen LogP contribution in [0.1, 0.15) is 11.1 Å². The maximum atomic E-state index is 6.29. The van der Waals surface area contributed by atoms with Crippen LogP contribution in [0.5, 0.6) is 5.75 Å². The van der Waals surface area contributed by atoms with Gasteiger partial charge in [-0.3, -0.25) is 0 Å². The quantitative estimate of drug-likeness (QED) is 0.929. The molecule has 1 N–H and O–H groups in total. The fourth-order valence-corrected chi connectivity index (χ4v) is 3.23. The van der Waals surface area contributed by atoms with Crippen molar-refractivity contribution in [3.63, 3.8) is 0 Å². The van der Waals surface area contributed by atoms with Gasteiger partial charge in [-0.1, -0.05) is 48.0 Å². The number of halogens is 1. The van der Waals surface area contributed by atoms with Gasteiger partial charge in [0.05, 0.1) is 6.61 Å². The highest BCUT2D eigenvalue weighted by atomic mass is 35.5. The van der Waals surface area contributed by atoms with Gasteiger partial charge in [-0.05, 0) is 43.1 Å². The lowest BCUT2D eigenvalue weighted by Gasteiger charge is -2.31. The van der Waals surface area contributed by atoms with Gasteiger partial charge in [0.2, 0.25) is 0 Å². The van der Waals surface area contributed by atoms with E-state index in [0.717, 1.165) is 30.2 Å². The van der Waals surface area contributed by atoms with Crippen LogP contribution in [-0.2, 0) is 12.8 Å². The second-order valence-electron chi connectivity index (χ2n) is 5.57. The molecule has 0 bridgehead atoms. The number of rotatable bonds is 4. The van der Waals surface area contributed by atoms with Gasteiger partial charge >= 0.3 is 0 Å². The van der Waals surface area contributed by atoms with Crippen LogP contribution in [0.4, 0.5) is 0 Å². The molecule has 1 heterocycles. The Labute approximate surface area is 131 Å². The number of hydrogen-bond donors (Lipinski definition) is 1. The summed E-state index contributed by atoms with van der Waals surface area (Å²) < 4.78 is 5.91. The molecule has 2 aromatic carbocycles. The molecule has 0 amide bonds. The Morgan fingerprint density at radius 1 is 1.19 bits per heavy atom. The predicted molar refractivity (Wildman–Crippen MR) is 87.1 cm³/mol. The Hall–Kier alpha value is -1.51. The van der Waals surface area contributed by atoms with E-state index in [1.165, 1.54) is 11.1 Å². The minimum atomic E-state index is 0.359. The van der Waals surface area contributed by atoms with E-state index in [1.54, 1.807) is 0 Å². The monoisotopic (exact) mass is 301 g/mol. The maximum absolute atomic E-state index is 6.29. The molecule has 0 radical (unpaired) electrons. The average molecular weight is 302 g/mol. The van der Waals surface area contributed by atoms with Crippen molar-refractivity contribution in [1.29, 1.82) is 0 Å². The fraction of sp³-hybridized carbons (Fsp3) is 0.333. The Morgan fingerprint density at radius 3 is 2.76 bits per heavy atom. The van der Waals surface area contributed by atoms with Crippen LogP contribution in [0.15, 0.2) is 48.5 Å². The molecule has 1 aliphatic rings. The number of hydrogen-bond acceptors (Lipinski definition) is 2. The Balaban J connectivity index is 1.74. The van der Waals surface area contributed by atoms with Crippen LogP contribution in [0.25, 0.3) is 0 Å². The number of nitrogens with one attached hydrogen (secondary N) is 1. The third-order valence-electron chi connectivity index (χ3n) is 4.25. The third kappa shape index (κ3) is 3.22. The molecular weight excluding hydrogens is 282 g/mol. The normalized spacial score (nSPS) is 18.7. The van der Waals surface area contributed by atoms with Gasteiger partial charge in [0.15, 0.2) is 0 Å². The van der Waals surface area contributed by atoms with Crippen molar-refractivity contribution in [2.24, 2.45) is 5.92 Å². The van der Waals surface area contributed by atoms with Crippen molar-refractivity contribution < 1.29 is 4.74 Å². The van der Waals surface area contributed by atoms with Gasteiger partial charge in [-0.15, -0.1) is 0 Å². The van der Waals surface area contributed by atoms with Gasteiger partial charge in [0.25, 0.3) is 0 Å². The van der Waals surface area contributed by atoms with Crippen molar-refractivity contribution in [2.75, 3.05) is 13.7 Å². The van der Waals surface area contributed by atoms with Crippen molar-refractivity contribution >= 4 is 11.6 Å². The van der Waals surface area contributed by atoms with Crippen LogP contribution in [0, 0.1) is 5.92 Å². The van der Waals surface area contributed by atoms with Crippen molar-refractivity contribution in [1.82, 2.24) is 5.32 Å². The Morgan fingerprint density at radius 2 is 1.95 bits per heavy atom. The molecule has 0 fully saturated rings. The molecular formula is C18H20ClNO. The van der Waals surface area contributed by atoms with Crippen LogP contribution in [0.2, 0.25) is 5.02 Å². The standard InChI is InChI=1S/C18H20ClNO/c1-20-17(11-13-6-2-4-8-16(13)19)15-10-14-7-3-5-9-18(14)21-12-15/h2-9,15,17,20H,10-12H2,1H3. The zero-order chi connectivity index (χ0) is 14.7. The highest BCUT2D eigenvalue weighted by Crippen LogP contribution is 2.29. The Kier molecular flexibility index (Phi) is 4.47. The van der Waals surface area contributed by atoms with Gasteiger partial charge in [-0.2, -0.15) is 0 Å². The molecule has 110 valence electrons. The maximum Gasteiger partial charge on any atom is 0.122 e. The molecule has 2 nitrogen and oxygen atoms in total. The SMILES string of the molecule is CNC(Cc1ccccc1Cl)C1COc2ccccc2C1. The van der Waals surface area contributed by atoms with Crippen molar-refractivity contribution in [2.45, 2.75) is 18.9 Å². The number of likely N-dealkylation sites (N-methyl/N-ethyl adjacent to an activating group) is 1. The lowest BCUT2D eigenvalue weighted by molar-refractivity contribution is 0.187. The summed E-state index contributed by atoms with van der Waals surface area (Å²) in [5.74, 6) is 1.49. The summed E-state index contributed by atoms with van der Waals surface area (Å²) in [5.41, 5.74) is 2.49. The largest absolute Gasteiger partial charge is 0.493 e. The summed E-state index contributed by atoms with van der Waals surface area (Å²) in [6, 6.07) is 16.7. The first-order chi connectivity index (χ1) is 10.3. The summed E-state index contributed by atoms with van der Waals surface area (Å²) in [4.78, 5) is 0. The summed E-state index contributed by atoms with van der Waals surface area (Å²) in [5, 5.41) is 4.28. The number of fused-ring (bicyclic) bond motifs is 1. The number of benzene rings is 2. The molecule has 3 heteroatoms. The number of para-hydroxylation sites is 1. The molecule has 2 aromatic rings. The summed E-state index contributed by atoms with van der Waals surface area (Å²) >= 11 is 6.29. The zero-order valence-electron chi connectivity index (χ0n) is 12.2. The van der Waals surface area contributed by atoms with Crippen LogP contribution in [-0.4, -0.2) is 19.7 Å². The van der Waals surface area contributed by atoms with E-state index in [0.29, 0.717) is 12.0 Å². The van der Waals surface area contributed by atoms with E-state index in [9.17, 15) is 0 Å². The minimum Gasteiger partial charge on any atom is -0.493 e. The molecule has 21 heavy (non-hydrogen) atoms. The second kappa shape index (κ2) is 6.50. The van der Waals surface area contributed by atoms with Crippen LogP contribution in [0.3, 0.4) is 0 Å². The van der Waals surface area contributed by atoms with Gasteiger partial charge < -0.3 is 10.1 Å². The lowest BCUT2D eigenvalue weighted by atomic mass is 9.87. The third-order valence-corrected chi connectivity index (χ3v) is 4.61. The molecule has 2 atom stereocenters. The lowest BCUT2D eigenvalue weighted by Crippen LogP contribution is -2.41. The molecule has 2 unspecified atom stereocenters. The van der Waals surface area contributed by atoms with Crippen LogP contribution < -0.4 is 10.1 Å². The first-order valence-electron chi connectivity index (χ1n) is 7.39. The molecule has 0 aliphatic carbocycles. The molecule has 0 saturated heterocycles. The van der Waals surface area contributed by atoms with Crippen molar-refractivity contribution in [3.05, 3.63) is 64.7 Å². The summed E-state index contributed by atoms with van der Waals surface area (Å²) in [6.07, 6.45) is 1.97. The average Bonchev–Trinajstić information content (AvgIpc) is 2.54.